The van der Waals surface area contributed by atoms with Gasteiger partial charge in [-0.3, -0.25) is 18.5 Å². The molecule has 0 bridgehead atoms. The molecule has 11 atom stereocenters. The lowest BCUT2D eigenvalue weighted by atomic mass is 10.1. The Labute approximate surface area is 246 Å². The van der Waals surface area contributed by atoms with Crippen LogP contribution in [0.25, 0.3) is 11.2 Å². The SMILES string of the molecule is Nc1ncnc2c1ncn2C1OC(COP(=O)(O)OP(=O)(O)OCC2OC([NH+]3C=CC=C(C(=O)O)C3)C(O)C2O)C(O)C1O. The van der Waals surface area contributed by atoms with E-state index in [0.717, 1.165) is 6.33 Å². The van der Waals surface area contributed by atoms with E-state index >= 15 is 0 Å². The number of nitrogens with one attached hydrogen (secondary N) is 1. The Morgan fingerprint density at radius 1 is 1.00 bits per heavy atom. The second-order valence-corrected chi connectivity index (χ2v) is 13.0. The number of hydrogen-bond acceptors (Lipinski definition) is 16. The van der Waals surface area contributed by atoms with Gasteiger partial charge in [0.25, 0.3) is 0 Å². The number of nitrogen functional groups attached to an aromatic ring is 1. The number of allylic oxidation sites excluding steroid dienone is 2. The van der Waals surface area contributed by atoms with Crippen LogP contribution in [0.15, 0.2) is 36.6 Å². The van der Waals surface area contributed by atoms with E-state index in [1.54, 1.807) is 0 Å². The van der Waals surface area contributed by atoms with Gasteiger partial charge >= 0.3 is 21.6 Å². The summed E-state index contributed by atoms with van der Waals surface area (Å²) in [5.41, 5.74) is 6.11. The number of aromatic nitrogens is 4. The molecule has 0 aliphatic carbocycles. The normalized spacial score (nSPS) is 35.0. The van der Waals surface area contributed by atoms with Crippen LogP contribution in [-0.2, 0) is 36.8 Å². The molecule has 11 unspecified atom stereocenters. The summed E-state index contributed by atoms with van der Waals surface area (Å²) in [4.78, 5) is 43.4. The number of rotatable bonds is 11. The number of aliphatic carboxylic acids is 1. The number of fused-ring (bicyclic) bond motifs is 1. The van der Waals surface area contributed by atoms with Gasteiger partial charge in [-0.05, 0) is 12.2 Å². The highest BCUT2D eigenvalue weighted by Gasteiger charge is 2.50. The molecular formula is C21H29N6O15P2+. The van der Waals surface area contributed by atoms with E-state index in [-0.39, 0.29) is 29.1 Å². The predicted octanol–water partition coefficient (Wildman–Crippen LogP) is -3.85. The summed E-state index contributed by atoms with van der Waals surface area (Å²) < 4.78 is 50.8. The van der Waals surface area contributed by atoms with Crippen molar-refractivity contribution in [3.8, 4) is 0 Å². The summed E-state index contributed by atoms with van der Waals surface area (Å²) in [5, 5.41) is 50.8. The molecule has 0 aromatic carbocycles. The molecule has 5 rings (SSSR count). The maximum absolute atomic E-state index is 12.4. The minimum Gasteiger partial charge on any atom is -0.478 e. The number of ether oxygens (including phenoxy) is 2. The quantitative estimate of drug-likeness (QED) is 0.104. The van der Waals surface area contributed by atoms with Crippen molar-refractivity contribution in [2.75, 3.05) is 25.5 Å². The van der Waals surface area contributed by atoms with Crippen molar-refractivity contribution in [1.29, 1.82) is 0 Å². The summed E-state index contributed by atoms with van der Waals surface area (Å²) >= 11 is 0. The van der Waals surface area contributed by atoms with Gasteiger partial charge in [0.2, 0.25) is 6.23 Å². The molecule has 2 saturated heterocycles. The van der Waals surface area contributed by atoms with E-state index in [2.05, 4.69) is 23.8 Å². The molecule has 10 N–H and O–H groups in total. The van der Waals surface area contributed by atoms with Crippen LogP contribution in [0.5, 0.6) is 0 Å². The van der Waals surface area contributed by atoms with Crippen molar-refractivity contribution < 1.29 is 77.0 Å². The molecule has 2 aromatic heterocycles. The van der Waals surface area contributed by atoms with Crippen LogP contribution in [-0.4, -0.2) is 123 Å². The average Bonchev–Trinajstić information content (AvgIpc) is 3.61. The second-order valence-electron chi connectivity index (χ2n) is 9.92. The second kappa shape index (κ2) is 12.6. The van der Waals surface area contributed by atoms with E-state index < -0.39 is 83.9 Å². The number of quaternary nitrogens is 1. The van der Waals surface area contributed by atoms with Gasteiger partial charge < -0.3 is 50.5 Å². The van der Waals surface area contributed by atoms with Crippen LogP contribution in [0.1, 0.15) is 6.23 Å². The summed E-state index contributed by atoms with van der Waals surface area (Å²) in [7, 11) is -10.7. The zero-order chi connectivity index (χ0) is 32.0. The third kappa shape index (κ3) is 6.76. The first kappa shape index (κ1) is 32.7. The number of carboxylic acids is 1. The summed E-state index contributed by atoms with van der Waals surface area (Å²) in [6.07, 6.45) is -5.12. The molecule has 2 aromatic rings. The number of aliphatic hydroxyl groups excluding tert-OH is 4. The summed E-state index contributed by atoms with van der Waals surface area (Å²) in [6, 6.07) is 0. The lowest BCUT2D eigenvalue weighted by Gasteiger charge is -2.25. The monoisotopic (exact) mass is 667 g/mol. The Balaban J connectivity index is 1.14. The van der Waals surface area contributed by atoms with Gasteiger partial charge in [-0.2, -0.15) is 4.31 Å². The van der Waals surface area contributed by atoms with Crippen LogP contribution < -0.4 is 10.6 Å². The first-order valence-corrected chi connectivity index (χ1v) is 15.7. The van der Waals surface area contributed by atoms with Gasteiger partial charge in [0.1, 0.15) is 48.9 Å². The molecule has 242 valence electrons. The number of nitrogens with zero attached hydrogens (tertiary/aromatic N) is 4. The average molecular weight is 667 g/mol. The van der Waals surface area contributed by atoms with Crippen molar-refractivity contribution >= 4 is 38.6 Å². The van der Waals surface area contributed by atoms with E-state index in [1.165, 1.54) is 29.2 Å². The number of anilines is 1. The fourth-order valence-electron chi connectivity index (χ4n) is 4.83. The lowest BCUT2D eigenvalue weighted by Crippen LogP contribution is -3.13. The van der Waals surface area contributed by atoms with Crippen LogP contribution in [0.2, 0.25) is 0 Å². The summed E-state index contributed by atoms with van der Waals surface area (Å²) in [5.74, 6) is -1.14. The van der Waals surface area contributed by atoms with Gasteiger partial charge in [0.05, 0.1) is 31.3 Å². The topological polar surface area (TPSA) is 313 Å². The molecule has 5 heterocycles. The number of phosphoric acid groups is 2. The standard InChI is InChI=1S/C21H28N6O15P2/c22-17-12-18(24-7-23-17)27(8-25-12)20-16(31)14(29)11(41-20)6-39-44(36,37)42-43(34,35)38-5-10-13(28)15(30)19(40-10)26-3-1-2-9(4-26)21(32)33/h1-3,7-8,10-11,13-16,19-20,28-31H,4-6H2,(H,32,33)(H,34,35)(H,36,37)(H2,22,23,24)/p+1. The molecule has 21 nitrogen and oxygen atoms in total. The molecule has 0 radical (unpaired) electrons. The zero-order valence-corrected chi connectivity index (χ0v) is 24.1. The van der Waals surface area contributed by atoms with Crippen LogP contribution in [0.3, 0.4) is 0 Å². The van der Waals surface area contributed by atoms with E-state index in [9.17, 15) is 49.2 Å². The van der Waals surface area contributed by atoms with Gasteiger partial charge in [-0.25, -0.2) is 28.9 Å². The minimum atomic E-state index is -5.37. The zero-order valence-electron chi connectivity index (χ0n) is 22.3. The molecule has 3 aliphatic heterocycles. The van der Waals surface area contributed by atoms with Gasteiger partial charge in [0, 0.05) is 0 Å². The maximum Gasteiger partial charge on any atom is 0.481 e. The third-order valence-corrected chi connectivity index (χ3v) is 9.62. The van der Waals surface area contributed by atoms with E-state index in [0.29, 0.717) is 4.90 Å². The number of nitrogens with two attached hydrogens (primary N) is 1. The number of carbonyl (C=O) groups is 1. The molecule has 0 amide bonds. The fourth-order valence-corrected chi connectivity index (χ4v) is 6.92. The number of carboxylic acid groups (broad SMARTS) is 1. The largest absolute Gasteiger partial charge is 0.481 e. The van der Waals surface area contributed by atoms with Gasteiger partial charge in [0.15, 0.2) is 23.8 Å². The molecule has 23 heteroatoms. The van der Waals surface area contributed by atoms with Crippen molar-refractivity contribution in [3.05, 3.63) is 36.6 Å². The highest BCUT2D eigenvalue weighted by molar-refractivity contribution is 7.61. The first-order chi connectivity index (χ1) is 20.7. The Kier molecular flexibility index (Phi) is 9.34. The van der Waals surface area contributed by atoms with Crippen molar-refractivity contribution in [2.45, 2.75) is 49.1 Å². The smallest absolute Gasteiger partial charge is 0.478 e. The number of hydrogen-bond donors (Lipinski definition) is 9. The van der Waals surface area contributed by atoms with Crippen molar-refractivity contribution in [2.24, 2.45) is 0 Å². The van der Waals surface area contributed by atoms with Crippen molar-refractivity contribution in [3.63, 3.8) is 0 Å². The van der Waals surface area contributed by atoms with Crippen LogP contribution in [0.4, 0.5) is 5.82 Å². The van der Waals surface area contributed by atoms with Crippen molar-refractivity contribution in [1.82, 2.24) is 19.5 Å². The Morgan fingerprint density at radius 2 is 1.64 bits per heavy atom. The predicted molar refractivity (Wildman–Crippen MR) is 140 cm³/mol. The number of imidazole rings is 1. The number of phosphoric ester groups is 2. The molecule has 3 aliphatic rings. The molecule has 0 spiro atoms. The van der Waals surface area contributed by atoms with Crippen LogP contribution in [0, 0.1) is 0 Å². The third-order valence-electron chi connectivity index (χ3n) is 7.01. The van der Waals surface area contributed by atoms with Crippen LogP contribution >= 0.6 is 15.6 Å². The van der Waals surface area contributed by atoms with Gasteiger partial charge in [-0.1, -0.05) is 0 Å². The van der Waals surface area contributed by atoms with E-state index in [4.69, 9.17) is 19.7 Å². The molecule has 0 saturated carbocycles. The highest BCUT2D eigenvalue weighted by Crippen LogP contribution is 2.60. The molecular weight excluding hydrogens is 638 g/mol. The Bertz CT molecular complexity index is 1550. The number of aliphatic hydroxyl groups is 4. The lowest BCUT2D eigenvalue weighted by molar-refractivity contribution is -0.898. The maximum atomic E-state index is 12.4. The molecule has 44 heavy (non-hydrogen) atoms. The fraction of sp³-hybridized carbons (Fsp3) is 0.524. The Morgan fingerprint density at radius 3 is 2.30 bits per heavy atom. The summed E-state index contributed by atoms with van der Waals surface area (Å²) in [6.45, 7) is -1.89. The van der Waals surface area contributed by atoms with E-state index in [1.807, 2.05) is 0 Å². The first-order valence-electron chi connectivity index (χ1n) is 12.8. The molecule has 2 fully saturated rings. The minimum absolute atomic E-state index is 0.00923. The highest BCUT2D eigenvalue weighted by atomic mass is 31.3. The van der Waals surface area contributed by atoms with Gasteiger partial charge in [-0.15, -0.1) is 0 Å². The Hall–Kier alpha value is -2.72.